The van der Waals surface area contributed by atoms with Crippen molar-refractivity contribution in [3.8, 4) is 10.6 Å². The zero-order valence-corrected chi connectivity index (χ0v) is 20.9. The van der Waals surface area contributed by atoms with Crippen molar-refractivity contribution >= 4 is 55.1 Å². The molecule has 0 aliphatic carbocycles. The van der Waals surface area contributed by atoms with Crippen LogP contribution in [-0.4, -0.2) is 22.3 Å². The topological polar surface area (TPSA) is 45.2 Å². The summed E-state index contributed by atoms with van der Waals surface area (Å²) in [6.07, 6.45) is 1.37. The summed E-state index contributed by atoms with van der Waals surface area (Å²) in [6.45, 7) is 2.83. The predicted octanol–water partition coefficient (Wildman–Crippen LogP) is 6.83. The fraction of sp³-hybridized carbons (Fsp3) is 0.185. The first-order chi connectivity index (χ1) is 16.7. The minimum Gasteiger partial charge on any atom is -0.317 e. The number of para-hydroxylation sites is 1. The lowest BCUT2D eigenvalue weighted by Gasteiger charge is -2.27. The number of aromatic nitrogens is 1. The van der Waals surface area contributed by atoms with Crippen LogP contribution in [0.15, 0.2) is 72.1 Å². The summed E-state index contributed by atoms with van der Waals surface area (Å²) in [7, 11) is 0. The van der Waals surface area contributed by atoms with Gasteiger partial charge in [-0.2, -0.15) is 0 Å². The lowest BCUT2D eigenvalue weighted by atomic mass is 10.0. The molecule has 0 atom stereocenters. The Morgan fingerprint density at radius 1 is 1.00 bits per heavy atom. The summed E-state index contributed by atoms with van der Waals surface area (Å²) in [6, 6.07) is 22.9. The van der Waals surface area contributed by atoms with E-state index in [2.05, 4.69) is 58.7 Å². The van der Waals surface area contributed by atoms with Crippen molar-refractivity contribution in [2.75, 3.05) is 11.9 Å². The van der Waals surface area contributed by atoms with Gasteiger partial charge in [-0.25, -0.2) is 4.98 Å². The molecule has 0 radical (unpaired) electrons. The normalized spacial score (nSPS) is 13.8. The maximum atomic E-state index is 12.9. The van der Waals surface area contributed by atoms with Gasteiger partial charge in [0.15, 0.2) is 0 Å². The molecular weight excluding hydrogens is 479 g/mol. The highest BCUT2D eigenvalue weighted by molar-refractivity contribution is 7.23. The molecule has 0 fully saturated rings. The Hall–Kier alpha value is -2.84. The Morgan fingerprint density at radius 3 is 2.68 bits per heavy atom. The van der Waals surface area contributed by atoms with Crippen LogP contribution < -0.4 is 5.32 Å². The van der Waals surface area contributed by atoms with Gasteiger partial charge in [0, 0.05) is 35.0 Å². The average Bonchev–Trinajstić information content (AvgIpc) is 3.57. The number of rotatable bonds is 6. The van der Waals surface area contributed by atoms with Crippen molar-refractivity contribution in [3.63, 3.8) is 0 Å². The number of nitrogens with zero attached hydrogens (tertiary/aromatic N) is 2. The van der Waals surface area contributed by atoms with Crippen LogP contribution in [0.25, 0.3) is 20.8 Å². The Balaban J connectivity index is 1.34. The largest absolute Gasteiger partial charge is 0.317 e. The second-order valence-corrected chi connectivity index (χ2v) is 11.6. The molecule has 0 bridgehead atoms. The van der Waals surface area contributed by atoms with Crippen LogP contribution in [0.2, 0.25) is 0 Å². The number of amides is 1. The zero-order chi connectivity index (χ0) is 22.9. The van der Waals surface area contributed by atoms with Gasteiger partial charge in [0.2, 0.25) is 5.91 Å². The van der Waals surface area contributed by atoms with Crippen LogP contribution in [0, 0.1) is 0 Å². The summed E-state index contributed by atoms with van der Waals surface area (Å²) in [4.78, 5) is 22.8. The summed E-state index contributed by atoms with van der Waals surface area (Å²) in [5.74, 6) is 0.0320. The van der Waals surface area contributed by atoms with E-state index in [0.717, 1.165) is 52.0 Å². The zero-order valence-electron chi connectivity index (χ0n) is 18.5. The SMILES string of the molecule is O=C(Cc1cccs1)Nc1sc2c(c1-c1nc3ccccc3s1)CCN(Cc1ccccc1)C2. The Labute approximate surface area is 210 Å². The Morgan fingerprint density at radius 2 is 1.85 bits per heavy atom. The number of anilines is 1. The molecule has 0 unspecified atom stereocenters. The molecular formula is C27H23N3OS3. The van der Waals surface area contributed by atoms with Gasteiger partial charge in [-0.15, -0.1) is 34.0 Å². The highest BCUT2D eigenvalue weighted by atomic mass is 32.1. The molecule has 170 valence electrons. The monoisotopic (exact) mass is 501 g/mol. The Kier molecular flexibility index (Phi) is 6.01. The van der Waals surface area contributed by atoms with Crippen LogP contribution in [0.1, 0.15) is 20.9 Å². The molecule has 0 saturated carbocycles. The van der Waals surface area contributed by atoms with Gasteiger partial charge in [-0.1, -0.05) is 48.5 Å². The van der Waals surface area contributed by atoms with E-state index in [1.54, 1.807) is 34.0 Å². The first-order valence-corrected chi connectivity index (χ1v) is 13.8. The van der Waals surface area contributed by atoms with E-state index in [0.29, 0.717) is 6.42 Å². The van der Waals surface area contributed by atoms with E-state index in [9.17, 15) is 4.79 Å². The number of carbonyl (C=O) groups excluding carboxylic acids is 1. The first-order valence-electron chi connectivity index (χ1n) is 11.3. The van der Waals surface area contributed by atoms with Crippen LogP contribution in [0.5, 0.6) is 0 Å². The smallest absolute Gasteiger partial charge is 0.230 e. The van der Waals surface area contributed by atoms with Crippen LogP contribution in [-0.2, 0) is 30.7 Å². The minimum absolute atomic E-state index is 0.0320. The maximum absolute atomic E-state index is 12.9. The van der Waals surface area contributed by atoms with Crippen molar-refractivity contribution in [1.29, 1.82) is 0 Å². The third kappa shape index (κ3) is 4.44. The van der Waals surface area contributed by atoms with Crippen LogP contribution >= 0.6 is 34.0 Å². The lowest BCUT2D eigenvalue weighted by molar-refractivity contribution is -0.115. The highest BCUT2D eigenvalue weighted by Gasteiger charge is 2.28. The third-order valence-corrected chi connectivity index (χ3v) is 9.12. The van der Waals surface area contributed by atoms with E-state index in [-0.39, 0.29) is 5.91 Å². The minimum atomic E-state index is 0.0320. The Bertz CT molecular complexity index is 1400. The molecule has 7 heteroatoms. The number of carbonyl (C=O) groups is 1. The summed E-state index contributed by atoms with van der Waals surface area (Å²) in [5, 5.41) is 7.20. The van der Waals surface area contributed by atoms with Crippen LogP contribution in [0.3, 0.4) is 0 Å². The number of hydrogen-bond donors (Lipinski definition) is 1. The number of thiazole rings is 1. The van der Waals surface area contributed by atoms with Gasteiger partial charge in [-0.05, 0) is 41.1 Å². The van der Waals surface area contributed by atoms with Crippen molar-refractivity contribution in [1.82, 2.24) is 9.88 Å². The number of benzene rings is 2. The molecule has 5 aromatic rings. The number of thiophene rings is 2. The molecule has 1 aliphatic rings. The second-order valence-electron chi connectivity index (χ2n) is 8.45. The van der Waals surface area contributed by atoms with E-state index in [4.69, 9.17) is 4.98 Å². The molecule has 3 aromatic heterocycles. The first kappa shape index (κ1) is 21.7. The fourth-order valence-electron chi connectivity index (χ4n) is 4.47. The van der Waals surface area contributed by atoms with Crippen molar-refractivity contribution in [2.24, 2.45) is 0 Å². The van der Waals surface area contributed by atoms with Crippen molar-refractivity contribution in [2.45, 2.75) is 25.9 Å². The molecule has 2 aromatic carbocycles. The standard InChI is InChI=1S/C27H23N3OS3/c31-24(15-19-9-6-14-32-19)29-27-25(26-28-21-10-4-5-11-22(21)33-26)20-12-13-30(17-23(20)34-27)16-18-7-2-1-3-8-18/h1-11,14H,12-13,15-17H2,(H,29,31). The molecule has 6 rings (SSSR count). The quantitative estimate of drug-likeness (QED) is 0.277. The second kappa shape index (κ2) is 9.43. The molecule has 0 spiro atoms. The van der Waals surface area contributed by atoms with Gasteiger partial charge in [0.1, 0.15) is 10.0 Å². The molecule has 0 saturated heterocycles. The number of fused-ring (bicyclic) bond motifs is 2. The van der Waals surface area contributed by atoms with E-state index >= 15 is 0 Å². The molecule has 1 aliphatic heterocycles. The van der Waals surface area contributed by atoms with E-state index < -0.39 is 0 Å². The molecule has 4 nitrogen and oxygen atoms in total. The van der Waals surface area contributed by atoms with E-state index in [1.807, 2.05) is 23.6 Å². The molecule has 1 amide bonds. The fourth-order valence-corrected chi connectivity index (χ4v) is 7.59. The average molecular weight is 502 g/mol. The van der Waals surface area contributed by atoms with Gasteiger partial charge in [0.25, 0.3) is 0 Å². The van der Waals surface area contributed by atoms with Gasteiger partial charge < -0.3 is 5.32 Å². The maximum Gasteiger partial charge on any atom is 0.230 e. The highest BCUT2D eigenvalue weighted by Crippen LogP contribution is 2.45. The number of nitrogens with one attached hydrogen (secondary N) is 1. The summed E-state index contributed by atoms with van der Waals surface area (Å²) < 4.78 is 1.18. The predicted molar refractivity (Wildman–Crippen MR) is 144 cm³/mol. The molecule has 4 heterocycles. The molecule has 34 heavy (non-hydrogen) atoms. The lowest BCUT2D eigenvalue weighted by Crippen LogP contribution is -2.29. The van der Waals surface area contributed by atoms with Gasteiger partial charge in [-0.3, -0.25) is 9.69 Å². The van der Waals surface area contributed by atoms with Crippen molar-refractivity contribution in [3.05, 3.63) is 93.0 Å². The molecule has 1 N–H and O–H groups in total. The summed E-state index contributed by atoms with van der Waals surface area (Å²) >= 11 is 5.05. The number of hydrogen-bond acceptors (Lipinski definition) is 6. The van der Waals surface area contributed by atoms with Crippen molar-refractivity contribution < 1.29 is 4.79 Å². The van der Waals surface area contributed by atoms with Crippen LogP contribution in [0.4, 0.5) is 5.00 Å². The third-order valence-electron chi connectivity index (χ3n) is 6.06. The van der Waals surface area contributed by atoms with Gasteiger partial charge in [0.05, 0.1) is 16.6 Å². The van der Waals surface area contributed by atoms with Gasteiger partial charge >= 0.3 is 0 Å². The van der Waals surface area contributed by atoms with E-state index in [1.165, 1.54) is 20.7 Å². The summed E-state index contributed by atoms with van der Waals surface area (Å²) in [5.41, 5.74) is 4.82.